The van der Waals surface area contributed by atoms with Gasteiger partial charge in [0.2, 0.25) is 0 Å². The Morgan fingerprint density at radius 1 is 1.04 bits per heavy atom. The normalized spacial score (nSPS) is 15.0. The number of benzene rings is 2. The average Bonchev–Trinajstić information content (AvgIpc) is 2.60. The van der Waals surface area contributed by atoms with Gasteiger partial charge in [0.05, 0.1) is 19.8 Å². The maximum absolute atomic E-state index is 12.9. The molecule has 0 unspecified atom stereocenters. The molecule has 0 aliphatic carbocycles. The number of fused-ring (bicyclic) bond motifs is 1. The summed E-state index contributed by atoms with van der Waals surface area (Å²) < 4.78 is 16.5. The molecule has 1 aliphatic heterocycles. The quantitative estimate of drug-likeness (QED) is 0.801. The van der Waals surface area contributed by atoms with Crippen LogP contribution in [0.1, 0.15) is 27.0 Å². The van der Waals surface area contributed by atoms with Crippen LogP contribution in [0.2, 0.25) is 0 Å². The maximum atomic E-state index is 12.9. The van der Waals surface area contributed by atoms with Crippen LogP contribution in [0.5, 0.6) is 17.2 Å². The third-order valence-electron chi connectivity index (χ3n) is 4.22. The lowest BCUT2D eigenvalue weighted by atomic mass is 9.93. The summed E-state index contributed by atoms with van der Waals surface area (Å²) in [5, 5.41) is 0. The molecule has 0 fully saturated rings. The van der Waals surface area contributed by atoms with E-state index in [0.29, 0.717) is 28.4 Å². The Balaban J connectivity index is 2.04. The number of ketones is 1. The fourth-order valence-electron chi connectivity index (χ4n) is 2.86. The molecule has 0 saturated heterocycles. The van der Waals surface area contributed by atoms with Crippen molar-refractivity contribution in [3.05, 3.63) is 58.2 Å². The summed E-state index contributed by atoms with van der Waals surface area (Å²) in [4.78, 5) is 12.9. The van der Waals surface area contributed by atoms with Crippen LogP contribution in [-0.4, -0.2) is 26.6 Å². The van der Waals surface area contributed by atoms with E-state index in [-0.39, 0.29) is 12.4 Å². The van der Waals surface area contributed by atoms with E-state index in [1.54, 1.807) is 20.3 Å². The van der Waals surface area contributed by atoms with Gasteiger partial charge in [0.15, 0.2) is 5.78 Å². The van der Waals surface area contributed by atoms with Crippen molar-refractivity contribution in [3.8, 4) is 17.2 Å². The van der Waals surface area contributed by atoms with Gasteiger partial charge in [-0.3, -0.25) is 4.79 Å². The van der Waals surface area contributed by atoms with E-state index in [1.807, 2.05) is 44.2 Å². The minimum absolute atomic E-state index is 0.00956. The molecule has 0 amide bonds. The first-order valence-corrected chi connectivity index (χ1v) is 7.75. The van der Waals surface area contributed by atoms with Gasteiger partial charge >= 0.3 is 0 Å². The maximum Gasteiger partial charge on any atom is 0.196 e. The van der Waals surface area contributed by atoms with Crippen LogP contribution >= 0.6 is 0 Å². The number of ether oxygens (including phenoxy) is 3. The summed E-state index contributed by atoms with van der Waals surface area (Å²) >= 11 is 0. The Morgan fingerprint density at radius 2 is 1.79 bits per heavy atom. The molecule has 124 valence electrons. The number of carbonyl (C=O) groups is 1. The van der Waals surface area contributed by atoms with E-state index in [4.69, 9.17) is 14.2 Å². The van der Waals surface area contributed by atoms with Gasteiger partial charge in [-0.15, -0.1) is 0 Å². The molecule has 4 nitrogen and oxygen atoms in total. The second kappa shape index (κ2) is 6.40. The van der Waals surface area contributed by atoms with Gasteiger partial charge in [0.1, 0.15) is 23.9 Å². The summed E-state index contributed by atoms with van der Waals surface area (Å²) in [5.41, 5.74) is 3.98. The van der Waals surface area contributed by atoms with Gasteiger partial charge in [-0.25, -0.2) is 0 Å². The van der Waals surface area contributed by atoms with Gasteiger partial charge in [-0.1, -0.05) is 12.1 Å². The number of Topliss-reactive ketones (excluding diaryl/α,β-unsaturated/α-hetero) is 1. The van der Waals surface area contributed by atoms with E-state index in [0.717, 1.165) is 16.7 Å². The highest BCUT2D eigenvalue weighted by Gasteiger charge is 2.26. The van der Waals surface area contributed by atoms with Crippen molar-refractivity contribution in [1.29, 1.82) is 0 Å². The zero-order valence-electron chi connectivity index (χ0n) is 14.3. The molecule has 0 spiro atoms. The molecule has 1 heterocycles. The number of rotatable bonds is 3. The smallest absolute Gasteiger partial charge is 0.196 e. The van der Waals surface area contributed by atoms with Crippen molar-refractivity contribution in [2.24, 2.45) is 0 Å². The van der Waals surface area contributed by atoms with Crippen LogP contribution in [0.4, 0.5) is 0 Å². The molecule has 24 heavy (non-hydrogen) atoms. The van der Waals surface area contributed by atoms with E-state index < -0.39 is 0 Å². The van der Waals surface area contributed by atoms with Gasteiger partial charge in [-0.2, -0.15) is 0 Å². The first-order valence-electron chi connectivity index (χ1n) is 7.75. The predicted molar refractivity (Wildman–Crippen MR) is 93.3 cm³/mol. The largest absolute Gasteiger partial charge is 0.497 e. The summed E-state index contributed by atoms with van der Waals surface area (Å²) in [5.74, 6) is 2.06. The van der Waals surface area contributed by atoms with Crippen molar-refractivity contribution in [1.82, 2.24) is 0 Å². The second-order valence-electron chi connectivity index (χ2n) is 5.80. The van der Waals surface area contributed by atoms with Crippen LogP contribution in [0.25, 0.3) is 6.08 Å². The number of aryl methyl sites for hydroxylation is 2. The Labute approximate surface area is 141 Å². The third kappa shape index (κ3) is 2.75. The first-order chi connectivity index (χ1) is 11.5. The molecule has 1 aliphatic rings. The fraction of sp³-hybridized carbons (Fsp3) is 0.250. The molecule has 0 N–H and O–H groups in total. The molecular weight excluding hydrogens is 304 g/mol. The van der Waals surface area contributed by atoms with Crippen molar-refractivity contribution in [3.63, 3.8) is 0 Å². The van der Waals surface area contributed by atoms with Crippen molar-refractivity contribution in [2.45, 2.75) is 13.8 Å². The topological polar surface area (TPSA) is 44.8 Å². The molecule has 0 bridgehead atoms. The fourth-order valence-corrected chi connectivity index (χ4v) is 2.86. The molecule has 4 heteroatoms. The standard InChI is InChI=1S/C20H20O4/c1-12-5-6-13(2)20-18(12)19(21)15(11-24-20)9-14-7-8-16(22-3)10-17(14)23-4/h5-10H,11H2,1-4H3/b15-9+. The zero-order chi connectivity index (χ0) is 17.3. The lowest BCUT2D eigenvalue weighted by molar-refractivity contribution is 0.0999. The number of hydrogen-bond donors (Lipinski definition) is 0. The first kappa shape index (κ1) is 16.1. The Bertz CT molecular complexity index is 834. The molecular formula is C20H20O4. The monoisotopic (exact) mass is 324 g/mol. The van der Waals surface area contributed by atoms with Crippen LogP contribution in [0.15, 0.2) is 35.9 Å². The van der Waals surface area contributed by atoms with Gasteiger partial charge in [0, 0.05) is 17.2 Å². The Morgan fingerprint density at radius 3 is 2.50 bits per heavy atom. The van der Waals surface area contributed by atoms with E-state index in [2.05, 4.69) is 0 Å². The zero-order valence-corrected chi connectivity index (χ0v) is 14.3. The Hall–Kier alpha value is -2.75. The van der Waals surface area contributed by atoms with Crippen LogP contribution < -0.4 is 14.2 Å². The number of carbonyl (C=O) groups excluding carboxylic acids is 1. The van der Waals surface area contributed by atoms with Gasteiger partial charge in [0.25, 0.3) is 0 Å². The van der Waals surface area contributed by atoms with E-state index in [1.165, 1.54) is 0 Å². The molecule has 3 rings (SSSR count). The minimum atomic E-state index is 0.00956. The highest BCUT2D eigenvalue weighted by Crippen LogP contribution is 2.34. The molecule has 0 aromatic heterocycles. The van der Waals surface area contributed by atoms with Crippen LogP contribution in [-0.2, 0) is 0 Å². The third-order valence-corrected chi connectivity index (χ3v) is 4.22. The summed E-state index contributed by atoms with van der Waals surface area (Å²) in [6.07, 6.45) is 1.82. The van der Waals surface area contributed by atoms with Crippen molar-refractivity contribution in [2.75, 3.05) is 20.8 Å². The lowest BCUT2D eigenvalue weighted by Gasteiger charge is -2.22. The van der Waals surface area contributed by atoms with E-state index in [9.17, 15) is 4.79 Å². The molecule has 0 atom stereocenters. The summed E-state index contributed by atoms with van der Waals surface area (Å²) in [7, 11) is 3.20. The van der Waals surface area contributed by atoms with Crippen LogP contribution in [0, 0.1) is 13.8 Å². The minimum Gasteiger partial charge on any atom is -0.497 e. The van der Waals surface area contributed by atoms with Crippen molar-refractivity contribution < 1.29 is 19.0 Å². The van der Waals surface area contributed by atoms with Crippen LogP contribution in [0.3, 0.4) is 0 Å². The van der Waals surface area contributed by atoms with E-state index >= 15 is 0 Å². The molecule has 0 saturated carbocycles. The summed E-state index contributed by atoms with van der Waals surface area (Å²) in [6, 6.07) is 9.43. The van der Waals surface area contributed by atoms with Gasteiger partial charge in [-0.05, 0) is 43.2 Å². The highest BCUT2D eigenvalue weighted by atomic mass is 16.5. The van der Waals surface area contributed by atoms with Gasteiger partial charge < -0.3 is 14.2 Å². The molecule has 0 radical (unpaired) electrons. The SMILES string of the molecule is COc1ccc(/C=C2\COc3c(C)ccc(C)c3C2=O)c(OC)c1. The summed E-state index contributed by atoms with van der Waals surface area (Å²) in [6.45, 7) is 4.13. The molecule has 2 aromatic rings. The highest BCUT2D eigenvalue weighted by molar-refractivity contribution is 6.15. The number of methoxy groups -OCH3 is 2. The Kier molecular flexibility index (Phi) is 4.30. The number of hydrogen-bond acceptors (Lipinski definition) is 4. The second-order valence-corrected chi connectivity index (χ2v) is 5.80. The average molecular weight is 324 g/mol. The molecule has 2 aromatic carbocycles. The predicted octanol–water partition coefficient (Wildman–Crippen LogP) is 3.98. The van der Waals surface area contributed by atoms with Crippen molar-refractivity contribution >= 4 is 11.9 Å². The lowest BCUT2D eigenvalue weighted by Crippen LogP contribution is -2.21.